The number of aromatic nitrogens is 3. The first-order valence-electron chi connectivity index (χ1n) is 8.03. The zero-order chi connectivity index (χ0) is 19.2. The number of para-hydroxylation sites is 1. The number of nitrogens with zero attached hydrogens (tertiary/aromatic N) is 3. The number of hydrogen-bond donors (Lipinski definition) is 2. The van der Waals surface area contributed by atoms with Crippen LogP contribution in [0.15, 0.2) is 58.6 Å². The number of nitrogen functional groups attached to an aromatic ring is 1. The second-order valence-electron chi connectivity index (χ2n) is 5.44. The molecule has 3 N–H and O–H groups in total. The SMILES string of the molecule is COc1ccccc1-c1nnc(SCC(=O)Nc2ccc(SC)cc2)n1N. The van der Waals surface area contributed by atoms with Gasteiger partial charge in [-0.25, -0.2) is 4.68 Å². The summed E-state index contributed by atoms with van der Waals surface area (Å²) in [6.45, 7) is 0. The van der Waals surface area contributed by atoms with Gasteiger partial charge in [0.15, 0.2) is 5.82 Å². The fourth-order valence-electron chi connectivity index (χ4n) is 2.39. The van der Waals surface area contributed by atoms with Crippen molar-refractivity contribution in [2.45, 2.75) is 10.1 Å². The number of carbonyl (C=O) groups excluding carboxylic acids is 1. The van der Waals surface area contributed by atoms with Gasteiger partial charge in [-0.3, -0.25) is 4.79 Å². The molecule has 9 heteroatoms. The number of thioether (sulfide) groups is 2. The van der Waals surface area contributed by atoms with Crippen LogP contribution in [0.5, 0.6) is 5.75 Å². The van der Waals surface area contributed by atoms with Crippen LogP contribution in [0.2, 0.25) is 0 Å². The summed E-state index contributed by atoms with van der Waals surface area (Å²) >= 11 is 2.87. The number of amides is 1. The Balaban J connectivity index is 1.64. The average molecular weight is 402 g/mol. The Morgan fingerprint density at radius 2 is 1.93 bits per heavy atom. The van der Waals surface area contributed by atoms with Crippen LogP contribution in [-0.2, 0) is 4.79 Å². The van der Waals surface area contributed by atoms with Crippen molar-refractivity contribution in [1.82, 2.24) is 14.9 Å². The molecule has 1 aromatic heterocycles. The smallest absolute Gasteiger partial charge is 0.234 e. The Labute approximate surface area is 165 Å². The lowest BCUT2D eigenvalue weighted by atomic mass is 10.2. The van der Waals surface area contributed by atoms with Crippen molar-refractivity contribution in [2.24, 2.45) is 0 Å². The van der Waals surface area contributed by atoms with E-state index in [1.807, 2.05) is 54.8 Å². The van der Waals surface area contributed by atoms with Gasteiger partial charge < -0.3 is 15.9 Å². The van der Waals surface area contributed by atoms with E-state index in [0.717, 1.165) is 16.1 Å². The lowest BCUT2D eigenvalue weighted by Crippen LogP contribution is -2.16. The minimum atomic E-state index is -0.140. The third kappa shape index (κ3) is 4.55. The lowest BCUT2D eigenvalue weighted by Gasteiger charge is -2.08. The van der Waals surface area contributed by atoms with Gasteiger partial charge in [0.25, 0.3) is 0 Å². The largest absolute Gasteiger partial charge is 0.496 e. The van der Waals surface area contributed by atoms with Crippen molar-refractivity contribution >= 4 is 35.1 Å². The van der Waals surface area contributed by atoms with Crippen LogP contribution in [0.1, 0.15) is 0 Å². The maximum atomic E-state index is 12.2. The second kappa shape index (κ2) is 8.83. The zero-order valence-electron chi connectivity index (χ0n) is 14.9. The van der Waals surface area contributed by atoms with Crippen molar-refractivity contribution in [3.63, 3.8) is 0 Å². The molecule has 2 aromatic carbocycles. The van der Waals surface area contributed by atoms with Crippen LogP contribution in [0.25, 0.3) is 11.4 Å². The monoisotopic (exact) mass is 401 g/mol. The number of ether oxygens (including phenoxy) is 1. The highest BCUT2D eigenvalue weighted by atomic mass is 32.2. The number of methoxy groups -OCH3 is 1. The first kappa shape index (κ1) is 19.1. The normalized spacial score (nSPS) is 10.6. The van der Waals surface area contributed by atoms with Gasteiger partial charge in [-0.2, -0.15) is 0 Å². The molecule has 0 aliphatic carbocycles. The van der Waals surface area contributed by atoms with Crippen molar-refractivity contribution in [2.75, 3.05) is 30.3 Å². The molecule has 0 spiro atoms. The second-order valence-corrected chi connectivity index (χ2v) is 7.26. The number of rotatable bonds is 7. The van der Waals surface area contributed by atoms with E-state index in [-0.39, 0.29) is 11.7 Å². The van der Waals surface area contributed by atoms with E-state index in [0.29, 0.717) is 16.7 Å². The molecule has 0 fully saturated rings. The molecule has 0 bridgehead atoms. The van der Waals surface area contributed by atoms with Crippen molar-refractivity contribution in [3.05, 3.63) is 48.5 Å². The van der Waals surface area contributed by atoms with Gasteiger partial charge in [0, 0.05) is 10.6 Å². The number of carbonyl (C=O) groups is 1. The molecule has 0 atom stereocenters. The fourth-order valence-corrected chi connectivity index (χ4v) is 3.45. The third-order valence-electron chi connectivity index (χ3n) is 3.72. The summed E-state index contributed by atoms with van der Waals surface area (Å²) in [5.74, 6) is 7.27. The van der Waals surface area contributed by atoms with Crippen LogP contribution in [0.3, 0.4) is 0 Å². The number of nitrogens with one attached hydrogen (secondary N) is 1. The van der Waals surface area contributed by atoms with Crippen molar-refractivity contribution < 1.29 is 9.53 Å². The molecular weight excluding hydrogens is 382 g/mol. The molecular formula is C18H19N5O2S2. The summed E-state index contributed by atoms with van der Waals surface area (Å²) in [7, 11) is 1.59. The molecule has 1 heterocycles. The van der Waals surface area contributed by atoms with E-state index < -0.39 is 0 Å². The van der Waals surface area contributed by atoms with E-state index in [1.54, 1.807) is 18.9 Å². The van der Waals surface area contributed by atoms with Gasteiger partial charge in [-0.15, -0.1) is 22.0 Å². The Hall–Kier alpha value is -2.65. The minimum Gasteiger partial charge on any atom is -0.496 e. The number of hydrogen-bond acceptors (Lipinski definition) is 7. The molecule has 140 valence electrons. The molecule has 1 amide bonds. The van der Waals surface area contributed by atoms with E-state index in [2.05, 4.69) is 15.5 Å². The third-order valence-corrected chi connectivity index (χ3v) is 5.41. The zero-order valence-corrected chi connectivity index (χ0v) is 16.5. The Morgan fingerprint density at radius 1 is 1.19 bits per heavy atom. The van der Waals surface area contributed by atoms with Crippen molar-refractivity contribution in [1.29, 1.82) is 0 Å². The summed E-state index contributed by atoms with van der Waals surface area (Å²) < 4.78 is 6.70. The Morgan fingerprint density at radius 3 is 2.63 bits per heavy atom. The van der Waals surface area contributed by atoms with E-state index >= 15 is 0 Å². The maximum absolute atomic E-state index is 12.2. The highest BCUT2D eigenvalue weighted by Crippen LogP contribution is 2.29. The molecule has 3 aromatic rings. The summed E-state index contributed by atoms with van der Waals surface area (Å²) in [5.41, 5.74) is 1.49. The number of benzene rings is 2. The summed E-state index contributed by atoms with van der Waals surface area (Å²) in [4.78, 5) is 13.3. The quantitative estimate of drug-likeness (QED) is 0.464. The van der Waals surface area contributed by atoms with Crippen LogP contribution in [0, 0.1) is 0 Å². The van der Waals surface area contributed by atoms with E-state index in [9.17, 15) is 4.79 Å². The van der Waals surface area contributed by atoms with Crippen molar-refractivity contribution in [3.8, 4) is 17.1 Å². The van der Waals surface area contributed by atoms with Gasteiger partial charge in [-0.1, -0.05) is 23.9 Å². The molecule has 0 radical (unpaired) electrons. The van der Waals surface area contributed by atoms with Gasteiger partial charge in [0.05, 0.1) is 18.4 Å². The molecule has 0 unspecified atom stereocenters. The molecule has 0 saturated heterocycles. The summed E-state index contributed by atoms with van der Waals surface area (Å²) in [6.07, 6.45) is 2.01. The summed E-state index contributed by atoms with van der Waals surface area (Å²) in [6, 6.07) is 15.1. The van der Waals surface area contributed by atoms with Crippen LogP contribution in [0.4, 0.5) is 5.69 Å². The topological polar surface area (TPSA) is 95.1 Å². The number of anilines is 1. The molecule has 0 saturated carbocycles. The van der Waals surface area contributed by atoms with E-state index in [1.165, 1.54) is 16.4 Å². The van der Waals surface area contributed by atoms with Gasteiger partial charge in [0.2, 0.25) is 11.1 Å². The van der Waals surface area contributed by atoms with Crippen LogP contribution < -0.4 is 15.9 Å². The molecule has 0 aliphatic rings. The highest BCUT2D eigenvalue weighted by Gasteiger charge is 2.16. The predicted molar refractivity (Wildman–Crippen MR) is 110 cm³/mol. The summed E-state index contributed by atoms with van der Waals surface area (Å²) in [5, 5.41) is 11.5. The predicted octanol–water partition coefficient (Wildman–Crippen LogP) is 3.12. The lowest BCUT2D eigenvalue weighted by molar-refractivity contribution is -0.113. The maximum Gasteiger partial charge on any atom is 0.234 e. The Bertz CT molecular complexity index is 928. The first-order chi connectivity index (χ1) is 13.1. The molecule has 0 aliphatic heterocycles. The molecule has 7 nitrogen and oxygen atoms in total. The Kier molecular flexibility index (Phi) is 6.25. The fraction of sp³-hybridized carbons (Fsp3) is 0.167. The van der Waals surface area contributed by atoms with E-state index in [4.69, 9.17) is 10.6 Å². The number of nitrogens with two attached hydrogens (primary N) is 1. The average Bonchev–Trinajstić information content (AvgIpc) is 3.07. The van der Waals surface area contributed by atoms with Gasteiger partial charge >= 0.3 is 0 Å². The molecule has 3 rings (SSSR count). The highest BCUT2D eigenvalue weighted by molar-refractivity contribution is 7.99. The van der Waals surface area contributed by atoms with Gasteiger partial charge in [-0.05, 0) is 42.7 Å². The minimum absolute atomic E-state index is 0.140. The first-order valence-corrected chi connectivity index (χ1v) is 10.2. The van der Waals surface area contributed by atoms with Gasteiger partial charge in [0.1, 0.15) is 5.75 Å². The molecule has 27 heavy (non-hydrogen) atoms. The van der Waals surface area contributed by atoms with Crippen LogP contribution >= 0.6 is 23.5 Å². The van der Waals surface area contributed by atoms with Crippen LogP contribution in [-0.4, -0.2) is 39.9 Å². The standard InChI is InChI=1S/C18H19N5O2S2/c1-25-15-6-4-3-5-14(15)17-21-22-18(23(17)19)27-11-16(24)20-12-7-9-13(26-2)10-8-12/h3-10H,11,19H2,1-2H3,(H,20,24).